The maximum Gasteiger partial charge on any atom is 0.147 e. The molecule has 2 aliphatic rings. The van der Waals surface area contributed by atoms with Gasteiger partial charge in [0.1, 0.15) is 17.5 Å². The van der Waals surface area contributed by atoms with Crippen molar-refractivity contribution in [2.24, 2.45) is 10.4 Å². The van der Waals surface area contributed by atoms with Crippen molar-refractivity contribution in [3.05, 3.63) is 79.7 Å². The van der Waals surface area contributed by atoms with Crippen LogP contribution in [0.2, 0.25) is 0 Å². The Hall–Kier alpha value is -4.61. The third kappa shape index (κ3) is 5.16. The minimum atomic E-state index is -0.400. The van der Waals surface area contributed by atoms with Crippen LogP contribution in [-0.2, 0) is 0 Å². The zero-order valence-corrected chi connectivity index (χ0v) is 23.4. The van der Waals surface area contributed by atoms with Gasteiger partial charge in [-0.15, -0.1) is 5.41 Å². The maximum atomic E-state index is 15.1. The van der Waals surface area contributed by atoms with Crippen LogP contribution in [0.15, 0.2) is 66.3 Å². The van der Waals surface area contributed by atoms with Crippen LogP contribution in [0.25, 0.3) is 11.1 Å². The molecule has 1 fully saturated rings. The summed E-state index contributed by atoms with van der Waals surface area (Å²) in [5, 5.41) is 17.7. The van der Waals surface area contributed by atoms with Crippen molar-refractivity contribution in [1.29, 1.82) is 5.41 Å². The Labute approximate surface area is 200 Å². The Bertz CT molecular complexity index is 1230. The fourth-order valence-corrected chi connectivity index (χ4v) is 4.09. The molecule has 0 bridgehead atoms. The summed E-state index contributed by atoms with van der Waals surface area (Å²) < 4.78 is 17.3. The molecule has 0 saturated heterocycles. The molecule has 0 unspecified atom stereocenters. The Morgan fingerprint density at radius 2 is 2.03 bits per heavy atom. The topological polar surface area (TPSA) is 77.2 Å². The summed E-state index contributed by atoms with van der Waals surface area (Å²) in [6.45, 7) is 18.1. The predicted octanol–water partition coefficient (Wildman–Crippen LogP) is 6.24. The summed E-state index contributed by atoms with van der Waals surface area (Å²) >= 11 is 0. The molecule has 1 saturated carbocycles. The maximum absolute atomic E-state index is 15.1. The van der Waals surface area contributed by atoms with E-state index < -0.39 is 5.82 Å². The molecule has 186 valence electrons. The van der Waals surface area contributed by atoms with Crippen molar-refractivity contribution in [2.75, 3.05) is 17.2 Å². The standard InChI is InChI=1S/C27H32FN6.Cm/c1-7-30-26-25(16(2)29)21(15-34(26)20-9-10-20)18-8-11-23(22(28)12-18)33-17(3)32-19-13-24(31-14-19)27(4,5)6;/h7-8,11-13,15,20,29-30,32-33H,1,3-4,9-10,14H2,2,5-6H3;/q-1;. The number of benzene rings is 1. The normalized spacial score (nSPS) is 15.0. The molecule has 4 rings (SSSR count). The number of halogens is 1. The van der Waals surface area contributed by atoms with Gasteiger partial charge in [0.2, 0.25) is 0 Å². The van der Waals surface area contributed by atoms with Crippen LogP contribution in [0.4, 0.5) is 15.9 Å². The minimum Gasteiger partial charge on any atom is -0.348 e. The second kappa shape index (κ2) is 9.33. The Morgan fingerprint density at radius 3 is 2.57 bits per heavy atom. The monoisotopic (exact) mass is 702 g/mol. The summed E-state index contributed by atoms with van der Waals surface area (Å²) in [5.41, 5.74) is 4.55. The molecule has 0 amide bonds. The van der Waals surface area contributed by atoms with Crippen molar-refractivity contribution in [1.82, 2.24) is 9.88 Å². The van der Waals surface area contributed by atoms with Crippen molar-refractivity contribution in [3.8, 4) is 11.1 Å². The predicted molar refractivity (Wildman–Crippen MR) is 140 cm³/mol. The Balaban J connectivity index is 0.00000342. The number of hydrogen-bond acceptors (Lipinski definition) is 5. The average Bonchev–Trinajstić information content (AvgIpc) is 3.35. The van der Waals surface area contributed by atoms with Gasteiger partial charge in [-0.2, -0.15) is 0 Å². The third-order valence-electron chi connectivity index (χ3n) is 5.89. The molecule has 4 N–H and O–H groups in total. The zero-order valence-electron chi connectivity index (χ0n) is 20.4. The molecule has 1 aromatic heterocycles. The SMILES string of the molecule is C=CNc1c(C(C)=N)c(-c2ccc(NC(=C)NC3=CC(C([CH2-])(C)C)=NC3)c(F)c2)cn1C1CC1.[Cm]. The molecule has 2 aromatic rings. The molecular weight excluding hydrogens is 674 g/mol. The van der Waals surface area contributed by atoms with Crippen LogP contribution in [0.5, 0.6) is 0 Å². The van der Waals surface area contributed by atoms with Gasteiger partial charge in [-0.1, -0.05) is 33.1 Å². The van der Waals surface area contributed by atoms with Gasteiger partial charge in [0.05, 0.1) is 12.2 Å². The van der Waals surface area contributed by atoms with Crippen LogP contribution in [0.3, 0.4) is 0 Å². The van der Waals surface area contributed by atoms with Crippen LogP contribution in [-0.4, -0.2) is 22.5 Å². The van der Waals surface area contributed by atoms with E-state index >= 15 is 4.39 Å². The number of allylic oxidation sites excluding steroid dienone is 1. The molecule has 2 heterocycles. The summed E-state index contributed by atoms with van der Waals surface area (Å²) in [5.74, 6) is 0.893. The second-order valence-electron chi connectivity index (χ2n) is 9.56. The van der Waals surface area contributed by atoms with Crippen molar-refractivity contribution < 1.29 is 4.39 Å². The second-order valence-corrected chi connectivity index (χ2v) is 9.56. The molecule has 0 radical (unpaired) electrons. The molecule has 35 heavy (non-hydrogen) atoms. The molecule has 1 aliphatic carbocycles. The fraction of sp³-hybridized carbons (Fsp3) is 0.296. The zero-order chi connectivity index (χ0) is 24.6. The van der Waals surface area contributed by atoms with E-state index in [1.807, 2.05) is 32.2 Å². The number of nitrogens with one attached hydrogen (secondary N) is 4. The first-order valence-corrected chi connectivity index (χ1v) is 11.4. The largest absolute Gasteiger partial charge is 0.348 e. The third-order valence-corrected chi connectivity index (χ3v) is 5.89. The van der Waals surface area contributed by atoms with Gasteiger partial charge in [0.25, 0.3) is 0 Å². The van der Waals surface area contributed by atoms with Gasteiger partial charge >= 0.3 is 0 Å². The summed E-state index contributed by atoms with van der Waals surface area (Å²) in [7, 11) is 0. The van der Waals surface area contributed by atoms with Gasteiger partial charge in [-0.3, -0.25) is 4.99 Å². The number of hydrogen-bond donors (Lipinski definition) is 4. The molecule has 6 nitrogen and oxygen atoms in total. The number of rotatable bonds is 10. The number of aliphatic imine (C=N–C) groups is 1. The number of nitrogens with zero attached hydrogens (tertiary/aromatic N) is 2. The van der Waals surface area contributed by atoms with Crippen LogP contribution in [0.1, 0.15) is 45.2 Å². The molecule has 1 aromatic carbocycles. The first-order chi connectivity index (χ1) is 16.1. The van der Waals surface area contributed by atoms with E-state index in [9.17, 15) is 0 Å². The first-order valence-electron chi connectivity index (χ1n) is 11.4. The summed E-state index contributed by atoms with van der Waals surface area (Å²) in [6, 6.07) is 5.45. The summed E-state index contributed by atoms with van der Waals surface area (Å²) in [4.78, 5) is 4.50. The average molecular weight is 707 g/mol. The smallest absolute Gasteiger partial charge is 0.147 e. The van der Waals surface area contributed by atoms with Gasteiger partial charge in [0.15, 0.2) is 0 Å². The Kier molecular flexibility index (Phi) is 6.67. The van der Waals surface area contributed by atoms with Crippen molar-refractivity contribution in [3.63, 3.8) is 0 Å². The fourth-order valence-electron chi connectivity index (χ4n) is 4.09. The van der Waals surface area contributed by atoms with Gasteiger partial charge in [0, 0.05) is 40.5 Å². The van der Waals surface area contributed by atoms with E-state index in [0.717, 1.165) is 41.2 Å². The van der Waals surface area contributed by atoms with Crippen molar-refractivity contribution >= 4 is 22.9 Å². The van der Waals surface area contributed by atoms with E-state index in [0.29, 0.717) is 35.4 Å². The summed E-state index contributed by atoms with van der Waals surface area (Å²) in [6.07, 6.45) is 7.77. The molecule has 0 atom stereocenters. The number of anilines is 2. The van der Waals surface area contributed by atoms with Gasteiger partial charge < -0.3 is 32.9 Å². The van der Waals surface area contributed by atoms with Crippen LogP contribution in [0, 0.1) is 23.6 Å². The van der Waals surface area contributed by atoms with Crippen molar-refractivity contribution in [2.45, 2.75) is 39.7 Å². The van der Waals surface area contributed by atoms with Gasteiger partial charge in [-0.05, 0) is 49.7 Å². The first kappa shape index (κ1) is 25.0. The van der Waals surface area contributed by atoms with E-state index in [2.05, 4.69) is 45.6 Å². The van der Waals surface area contributed by atoms with Crippen LogP contribution >= 0.6 is 0 Å². The molecular formula is C27H32CmFN6-. The molecule has 8 heteroatoms. The van der Waals surface area contributed by atoms with E-state index in [-0.39, 0.29) is 5.41 Å². The quantitative estimate of drug-likeness (QED) is 0.175. The van der Waals surface area contributed by atoms with Gasteiger partial charge in [-0.25, -0.2) is 4.39 Å². The minimum absolute atomic E-state index is 0. The van der Waals surface area contributed by atoms with E-state index in [1.54, 1.807) is 19.2 Å². The van der Waals surface area contributed by atoms with E-state index in [1.165, 1.54) is 6.07 Å². The van der Waals surface area contributed by atoms with E-state index in [4.69, 9.17) is 5.41 Å². The molecule has 0 spiro atoms. The Morgan fingerprint density at radius 1 is 1.31 bits per heavy atom. The van der Waals surface area contributed by atoms with Crippen LogP contribution < -0.4 is 16.0 Å². The molecule has 1 aliphatic heterocycles. The number of aromatic nitrogens is 1.